The summed E-state index contributed by atoms with van der Waals surface area (Å²) >= 11 is 6.17. The van der Waals surface area contributed by atoms with Crippen molar-refractivity contribution in [2.75, 3.05) is 23.3 Å². The van der Waals surface area contributed by atoms with Crippen molar-refractivity contribution < 1.29 is 14.0 Å². The van der Waals surface area contributed by atoms with Gasteiger partial charge in [0.15, 0.2) is 0 Å². The molecule has 1 fully saturated rings. The molecule has 2 aromatic rings. The van der Waals surface area contributed by atoms with Crippen molar-refractivity contribution >= 4 is 34.8 Å². The Labute approximate surface area is 144 Å². The Morgan fingerprint density at radius 1 is 1.33 bits per heavy atom. The summed E-state index contributed by atoms with van der Waals surface area (Å²) in [6.07, 6.45) is 2.99. The van der Waals surface area contributed by atoms with E-state index in [9.17, 15) is 9.59 Å². The van der Waals surface area contributed by atoms with E-state index < -0.39 is 0 Å². The maximum Gasteiger partial charge on any atom is 0.239 e. The molecule has 0 unspecified atom stereocenters. The summed E-state index contributed by atoms with van der Waals surface area (Å²) in [4.78, 5) is 25.5. The van der Waals surface area contributed by atoms with Crippen LogP contribution in [-0.2, 0) is 16.1 Å². The molecule has 0 radical (unpaired) electrons. The summed E-state index contributed by atoms with van der Waals surface area (Å²) in [5.74, 6) is 0.625. The number of nitrogens with one attached hydrogen (secondary N) is 2. The van der Waals surface area contributed by atoms with Crippen molar-refractivity contribution in [3.8, 4) is 0 Å². The van der Waals surface area contributed by atoms with Crippen LogP contribution >= 0.6 is 11.6 Å². The lowest BCUT2D eigenvalue weighted by molar-refractivity contribution is -0.119. The fourth-order valence-corrected chi connectivity index (χ4v) is 2.76. The van der Waals surface area contributed by atoms with Gasteiger partial charge in [0.1, 0.15) is 5.76 Å². The highest BCUT2D eigenvalue weighted by atomic mass is 35.5. The maximum atomic E-state index is 11.9. The lowest BCUT2D eigenvalue weighted by Gasteiger charge is -2.18. The molecule has 24 heavy (non-hydrogen) atoms. The van der Waals surface area contributed by atoms with Gasteiger partial charge in [-0.2, -0.15) is 0 Å². The van der Waals surface area contributed by atoms with Crippen molar-refractivity contribution in [1.29, 1.82) is 0 Å². The number of benzene rings is 1. The highest BCUT2D eigenvalue weighted by molar-refractivity contribution is 6.33. The van der Waals surface area contributed by atoms with Gasteiger partial charge >= 0.3 is 0 Å². The molecule has 0 spiro atoms. The van der Waals surface area contributed by atoms with E-state index in [2.05, 4.69) is 10.6 Å². The Hall–Kier alpha value is -2.47. The Morgan fingerprint density at radius 2 is 2.21 bits per heavy atom. The van der Waals surface area contributed by atoms with Crippen molar-refractivity contribution in [3.05, 3.63) is 47.4 Å². The van der Waals surface area contributed by atoms with Gasteiger partial charge in [0.2, 0.25) is 11.8 Å². The molecule has 1 aromatic heterocycles. The highest BCUT2D eigenvalue weighted by Crippen LogP contribution is 2.29. The first-order valence-corrected chi connectivity index (χ1v) is 8.14. The number of furan rings is 1. The number of carbonyl (C=O) groups is 2. The molecule has 3 rings (SSSR count). The van der Waals surface area contributed by atoms with Crippen molar-refractivity contribution in [2.45, 2.75) is 19.4 Å². The topological polar surface area (TPSA) is 74.6 Å². The molecule has 1 aliphatic rings. The molecule has 1 aromatic carbocycles. The van der Waals surface area contributed by atoms with Crippen LogP contribution in [0.2, 0.25) is 5.02 Å². The molecule has 0 bridgehead atoms. The van der Waals surface area contributed by atoms with Gasteiger partial charge in [-0.25, -0.2) is 0 Å². The minimum atomic E-state index is -0.176. The second-order valence-electron chi connectivity index (χ2n) is 5.52. The molecule has 1 aliphatic heterocycles. The molecular formula is C17H18ClN3O3. The first-order chi connectivity index (χ1) is 11.6. The Kier molecular flexibility index (Phi) is 5.05. The highest BCUT2D eigenvalue weighted by Gasteiger charge is 2.22. The number of anilines is 2. The van der Waals surface area contributed by atoms with E-state index in [0.29, 0.717) is 36.0 Å². The number of rotatable bonds is 6. The van der Waals surface area contributed by atoms with Gasteiger partial charge in [0.05, 0.1) is 30.1 Å². The summed E-state index contributed by atoms with van der Waals surface area (Å²) in [5.41, 5.74) is 1.42. The number of halogens is 1. The van der Waals surface area contributed by atoms with Gasteiger partial charge in [-0.05, 0) is 36.8 Å². The van der Waals surface area contributed by atoms with Crippen LogP contribution in [0.3, 0.4) is 0 Å². The largest absolute Gasteiger partial charge is 0.467 e. The van der Waals surface area contributed by atoms with Crippen molar-refractivity contribution in [1.82, 2.24) is 5.32 Å². The summed E-state index contributed by atoms with van der Waals surface area (Å²) in [6, 6.07) is 8.90. The smallest absolute Gasteiger partial charge is 0.239 e. The molecule has 1 saturated heterocycles. The van der Waals surface area contributed by atoms with Crippen molar-refractivity contribution in [3.63, 3.8) is 0 Å². The third-order valence-electron chi connectivity index (χ3n) is 3.81. The summed E-state index contributed by atoms with van der Waals surface area (Å²) < 4.78 is 5.15. The zero-order valence-electron chi connectivity index (χ0n) is 13.0. The van der Waals surface area contributed by atoms with Crippen LogP contribution in [0.1, 0.15) is 18.6 Å². The van der Waals surface area contributed by atoms with Gasteiger partial charge in [-0.15, -0.1) is 0 Å². The van der Waals surface area contributed by atoms with E-state index in [-0.39, 0.29) is 18.4 Å². The molecule has 6 nitrogen and oxygen atoms in total. The average Bonchev–Trinajstić information content (AvgIpc) is 3.24. The van der Waals surface area contributed by atoms with E-state index in [1.165, 1.54) is 0 Å². The third kappa shape index (κ3) is 3.89. The summed E-state index contributed by atoms with van der Waals surface area (Å²) in [6.45, 7) is 1.13. The second kappa shape index (κ2) is 7.40. The third-order valence-corrected chi connectivity index (χ3v) is 4.14. The minimum absolute atomic E-state index is 0.0812. The zero-order chi connectivity index (χ0) is 16.9. The predicted molar refractivity (Wildman–Crippen MR) is 92.1 cm³/mol. The molecular weight excluding hydrogens is 330 g/mol. The van der Waals surface area contributed by atoms with Crippen LogP contribution in [0.15, 0.2) is 41.0 Å². The van der Waals surface area contributed by atoms with Crippen molar-refractivity contribution in [2.24, 2.45) is 0 Å². The van der Waals surface area contributed by atoms with Crippen LogP contribution in [0.25, 0.3) is 0 Å². The average molecular weight is 348 g/mol. The SMILES string of the molecule is O=C(CNc1cc(N2CCCC2=O)ccc1Cl)NCc1ccco1. The summed E-state index contributed by atoms with van der Waals surface area (Å²) in [5, 5.41) is 6.26. The van der Waals surface area contributed by atoms with Crippen LogP contribution in [-0.4, -0.2) is 24.9 Å². The van der Waals surface area contributed by atoms with Gasteiger partial charge in [0, 0.05) is 18.7 Å². The Morgan fingerprint density at radius 3 is 2.92 bits per heavy atom. The maximum absolute atomic E-state index is 11.9. The number of hydrogen-bond donors (Lipinski definition) is 2. The number of amides is 2. The van der Waals surface area contributed by atoms with Gasteiger partial charge in [0.25, 0.3) is 0 Å². The van der Waals surface area contributed by atoms with E-state index in [4.69, 9.17) is 16.0 Å². The molecule has 126 valence electrons. The van der Waals surface area contributed by atoms with Crippen LogP contribution in [0.5, 0.6) is 0 Å². The number of nitrogens with zero attached hydrogens (tertiary/aromatic N) is 1. The van der Waals surface area contributed by atoms with Gasteiger partial charge < -0.3 is 20.0 Å². The zero-order valence-corrected chi connectivity index (χ0v) is 13.8. The monoisotopic (exact) mass is 347 g/mol. The standard InChI is InChI=1S/C17H18ClN3O3/c18-14-6-5-12(21-7-1-4-17(21)23)9-15(14)19-11-16(22)20-10-13-3-2-8-24-13/h2-3,5-6,8-9,19H,1,4,7,10-11H2,(H,20,22). The van der Waals surface area contributed by atoms with Crippen LogP contribution < -0.4 is 15.5 Å². The Balaban J connectivity index is 1.58. The molecule has 0 atom stereocenters. The number of hydrogen-bond acceptors (Lipinski definition) is 4. The molecule has 0 saturated carbocycles. The molecule has 2 amide bonds. The lowest BCUT2D eigenvalue weighted by atomic mass is 10.2. The predicted octanol–water partition coefficient (Wildman–Crippen LogP) is 2.79. The molecule has 7 heteroatoms. The molecule has 2 N–H and O–H groups in total. The molecule has 2 heterocycles. The van der Waals surface area contributed by atoms with E-state index >= 15 is 0 Å². The first-order valence-electron chi connectivity index (χ1n) is 7.76. The second-order valence-corrected chi connectivity index (χ2v) is 5.93. The minimum Gasteiger partial charge on any atom is -0.467 e. The number of carbonyl (C=O) groups excluding carboxylic acids is 2. The van der Waals surface area contributed by atoms with E-state index in [0.717, 1.165) is 12.1 Å². The summed E-state index contributed by atoms with van der Waals surface area (Å²) in [7, 11) is 0. The van der Waals surface area contributed by atoms with E-state index in [1.807, 2.05) is 6.07 Å². The van der Waals surface area contributed by atoms with Gasteiger partial charge in [-0.1, -0.05) is 11.6 Å². The Bertz CT molecular complexity index is 731. The normalized spacial score (nSPS) is 14.0. The molecule has 0 aliphatic carbocycles. The fraction of sp³-hybridized carbons (Fsp3) is 0.294. The quantitative estimate of drug-likeness (QED) is 0.842. The fourth-order valence-electron chi connectivity index (χ4n) is 2.57. The van der Waals surface area contributed by atoms with E-state index in [1.54, 1.807) is 35.4 Å². The first kappa shape index (κ1) is 16.4. The lowest BCUT2D eigenvalue weighted by Crippen LogP contribution is -2.29. The van der Waals surface area contributed by atoms with Crippen LogP contribution in [0, 0.1) is 0 Å². The van der Waals surface area contributed by atoms with Gasteiger partial charge in [-0.3, -0.25) is 9.59 Å². The van der Waals surface area contributed by atoms with Crippen LogP contribution in [0.4, 0.5) is 11.4 Å².